The molecule has 3 rings (SSSR count). The van der Waals surface area contributed by atoms with Crippen molar-refractivity contribution in [2.24, 2.45) is 7.05 Å². The molecule has 2 atom stereocenters. The molecular weight excluding hydrogens is 322 g/mol. The lowest BCUT2D eigenvalue weighted by Gasteiger charge is -2.35. The number of carbonyl (C=O) groups excluding carboxylic acids is 1. The molecule has 1 aliphatic heterocycles. The molecule has 8 nitrogen and oxygen atoms in total. The van der Waals surface area contributed by atoms with Crippen molar-refractivity contribution in [1.29, 1.82) is 0 Å². The zero-order valence-electron chi connectivity index (χ0n) is 14.9. The zero-order valence-corrected chi connectivity index (χ0v) is 14.9. The summed E-state index contributed by atoms with van der Waals surface area (Å²) < 4.78 is 12.8. The van der Waals surface area contributed by atoms with Crippen molar-refractivity contribution < 1.29 is 13.9 Å². The van der Waals surface area contributed by atoms with Crippen molar-refractivity contribution in [3.63, 3.8) is 0 Å². The number of morpholine rings is 1. The Labute approximate surface area is 147 Å². The second-order valence-corrected chi connectivity index (χ2v) is 6.43. The van der Waals surface area contributed by atoms with E-state index in [0.29, 0.717) is 19.8 Å². The highest BCUT2D eigenvalue weighted by Gasteiger charge is 2.32. The number of urea groups is 1. The molecule has 1 saturated heterocycles. The molecule has 2 aromatic rings. The molecule has 3 heterocycles. The van der Waals surface area contributed by atoms with Crippen LogP contribution in [0.5, 0.6) is 0 Å². The van der Waals surface area contributed by atoms with Crippen LogP contribution in [0, 0.1) is 6.92 Å². The van der Waals surface area contributed by atoms with Crippen LogP contribution < -0.4 is 5.32 Å². The maximum absolute atomic E-state index is 12.7. The molecule has 1 N–H and O–H groups in total. The van der Waals surface area contributed by atoms with Crippen molar-refractivity contribution in [2.75, 3.05) is 19.8 Å². The lowest BCUT2D eigenvalue weighted by atomic mass is 10.1. The van der Waals surface area contributed by atoms with E-state index in [0.717, 1.165) is 30.2 Å². The number of rotatable bonds is 5. The molecule has 8 heteroatoms. The number of hydrogen-bond donors (Lipinski definition) is 1. The van der Waals surface area contributed by atoms with Gasteiger partial charge < -0.3 is 19.4 Å². The first-order chi connectivity index (χ1) is 12.0. The van der Waals surface area contributed by atoms with Crippen LogP contribution in [-0.2, 0) is 18.2 Å². The standard InChI is InChI=1S/C17H25N5O3/c1-12(4-6-14-7-5-13(2)25-14)20-17(23)22-8-9-24-10-15(22)16-18-11-19-21(16)3/h5,7,11-12,15H,4,6,8-10H2,1-3H3,(H,20,23). The molecule has 2 unspecified atom stereocenters. The molecule has 136 valence electrons. The quantitative estimate of drug-likeness (QED) is 0.892. The van der Waals surface area contributed by atoms with Crippen LogP contribution >= 0.6 is 0 Å². The first kappa shape index (κ1) is 17.5. The third kappa shape index (κ3) is 4.19. The van der Waals surface area contributed by atoms with Gasteiger partial charge in [0.05, 0.1) is 13.2 Å². The number of hydrogen-bond acceptors (Lipinski definition) is 5. The van der Waals surface area contributed by atoms with E-state index in [1.54, 1.807) is 9.58 Å². The summed E-state index contributed by atoms with van der Waals surface area (Å²) in [6.45, 7) is 5.43. The number of ether oxygens (including phenoxy) is 1. The molecule has 0 bridgehead atoms. The summed E-state index contributed by atoms with van der Waals surface area (Å²) in [5.74, 6) is 2.59. The second kappa shape index (κ2) is 7.69. The van der Waals surface area contributed by atoms with Gasteiger partial charge in [0.1, 0.15) is 23.9 Å². The summed E-state index contributed by atoms with van der Waals surface area (Å²) in [5, 5.41) is 7.16. The van der Waals surface area contributed by atoms with E-state index in [2.05, 4.69) is 15.4 Å². The van der Waals surface area contributed by atoms with Crippen molar-refractivity contribution in [1.82, 2.24) is 25.0 Å². The molecule has 0 spiro atoms. The first-order valence-electron chi connectivity index (χ1n) is 8.58. The van der Waals surface area contributed by atoms with E-state index in [1.807, 2.05) is 33.0 Å². The minimum atomic E-state index is -0.221. The van der Waals surface area contributed by atoms with Crippen LogP contribution in [-0.4, -0.2) is 51.5 Å². The number of aromatic nitrogens is 3. The van der Waals surface area contributed by atoms with Gasteiger partial charge in [0.25, 0.3) is 0 Å². The van der Waals surface area contributed by atoms with Gasteiger partial charge in [0, 0.05) is 26.1 Å². The summed E-state index contributed by atoms with van der Waals surface area (Å²) in [5.41, 5.74) is 0. The summed E-state index contributed by atoms with van der Waals surface area (Å²) in [4.78, 5) is 18.8. The van der Waals surface area contributed by atoms with Gasteiger partial charge in [-0.1, -0.05) is 0 Å². The fraction of sp³-hybridized carbons (Fsp3) is 0.588. The number of nitrogens with one attached hydrogen (secondary N) is 1. The third-order valence-corrected chi connectivity index (χ3v) is 4.42. The SMILES string of the molecule is Cc1ccc(CCC(C)NC(=O)N2CCOCC2c2ncnn2C)o1. The molecule has 2 amide bonds. The highest BCUT2D eigenvalue weighted by Crippen LogP contribution is 2.22. The van der Waals surface area contributed by atoms with Crippen LogP contribution in [0.3, 0.4) is 0 Å². The minimum Gasteiger partial charge on any atom is -0.466 e. The second-order valence-electron chi connectivity index (χ2n) is 6.43. The van der Waals surface area contributed by atoms with Crippen LogP contribution in [0.25, 0.3) is 0 Å². The normalized spacial score (nSPS) is 19.0. The molecule has 1 aliphatic rings. The van der Waals surface area contributed by atoms with Crippen LogP contribution in [0.4, 0.5) is 4.79 Å². The maximum atomic E-state index is 12.7. The average Bonchev–Trinajstić information content (AvgIpc) is 3.21. The molecular formula is C17H25N5O3. The molecule has 0 radical (unpaired) electrons. The van der Waals surface area contributed by atoms with Crippen molar-refractivity contribution in [3.05, 3.63) is 35.8 Å². The largest absolute Gasteiger partial charge is 0.466 e. The Morgan fingerprint density at radius 3 is 3.00 bits per heavy atom. The summed E-state index contributed by atoms with van der Waals surface area (Å²) in [6.07, 6.45) is 3.11. The summed E-state index contributed by atoms with van der Waals surface area (Å²) in [7, 11) is 1.82. The van der Waals surface area contributed by atoms with E-state index >= 15 is 0 Å². The van der Waals surface area contributed by atoms with E-state index < -0.39 is 0 Å². The van der Waals surface area contributed by atoms with Crippen molar-refractivity contribution in [2.45, 2.75) is 38.8 Å². The average molecular weight is 347 g/mol. The van der Waals surface area contributed by atoms with Gasteiger partial charge in [-0.25, -0.2) is 9.78 Å². The predicted molar refractivity (Wildman–Crippen MR) is 91.0 cm³/mol. The van der Waals surface area contributed by atoms with Gasteiger partial charge in [-0.3, -0.25) is 4.68 Å². The van der Waals surface area contributed by atoms with Crippen molar-refractivity contribution >= 4 is 6.03 Å². The Morgan fingerprint density at radius 2 is 2.32 bits per heavy atom. The van der Waals surface area contributed by atoms with Gasteiger partial charge in [0.2, 0.25) is 0 Å². The van der Waals surface area contributed by atoms with Gasteiger partial charge in [-0.15, -0.1) is 0 Å². The molecule has 0 aliphatic carbocycles. The lowest BCUT2D eigenvalue weighted by molar-refractivity contribution is 0.00688. The Balaban J connectivity index is 1.57. The van der Waals surface area contributed by atoms with E-state index in [9.17, 15) is 4.79 Å². The first-order valence-corrected chi connectivity index (χ1v) is 8.58. The van der Waals surface area contributed by atoms with E-state index in [-0.39, 0.29) is 18.1 Å². The van der Waals surface area contributed by atoms with Crippen LogP contribution in [0.15, 0.2) is 22.9 Å². The van der Waals surface area contributed by atoms with Gasteiger partial charge in [-0.2, -0.15) is 5.10 Å². The van der Waals surface area contributed by atoms with Crippen LogP contribution in [0.1, 0.15) is 36.7 Å². The fourth-order valence-corrected chi connectivity index (χ4v) is 3.01. The number of nitrogens with zero attached hydrogens (tertiary/aromatic N) is 4. The monoisotopic (exact) mass is 347 g/mol. The van der Waals surface area contributed by atoms with Gasteiger partial charge in [-0.05, 0) is 32.4 Å². The van der Waals surface area contributed by atoms with Crippen LogP contribution in [0.2, 0.25) is 0 Å². The molecule has 1 fully saturated rings. The fourth-order valence-electron chi connectivity index (χ4n) is 3.01. The summed E-state index contributed by atoms with van der Waals surface area (Å²) in [6, 6.07) is 3.66. The van der Waals surface area contributed by atoms with E-state index in [4.69, 9.17) is 9.15 Å². The Hall–Kier alpha value is -2.35. The molecule has 0 saturated carbocycles. The Kier molecular flexibility index (Phi) is 5.37. The number of amides is 2. The Bertz CT molecular complexity index is 711. The van der Waals surface area contributed by atoms with Gasteiger partial charge >= 0.3 is 6.03 Å². The van der Waals surface area contributed by atoms with E-state index in [1.165, 1.54) is 6.33 Å². The maximum Gasteiger partial charge on any atom is 0.318 e. The highest BCUT2D eigenvalue weighted by molar-refractivity contribution is 5.75. The Morgan fingerprint density at radius 1 is 1.48 bits per heavy atom. The van der Waals surface area contributed by atoms with Gasteiger partial charge in [0.15, 0.2) is 5.82 Å². The number of furan rings is 1. The third-order valence-electron chi connectivity index (χ3n) is 4.42. The number of aryl methyl sites for hydroxylation is 3. The molecule has 25 heavy (non-hydrogen) atoms. The lowest BCUT2D eigenvalue weighted by Crippen LogP contribution is -2.50. The van der Waals surface area contributed by atoms with Crippen molar-refractivity contribution in [3.8, 4) is 0 Å². The molecule has 0 aromatic carbocycles. The predicted octanol–water partition coefficient (Wildman–Crippen LogP) is 1.82. The minimum absolute atomic E-state index is 0.0425. The number of carbonyl (C=O) groups is 1. The topological polar surface area (TPSA) is 85.4 Å². The summed E-state index contributed by atoms with van der Waals surface area (Å²) >= 11 is 0. The highest BCUT2D eigenvalue weighted by atomic mass is 16.5. The zero-order chi connectivity index (χ0) is 17.8. The molecule has 2 aromatic heterocycles. The smallest absolute Gasteiger partial charge is 0.318 e.